The van der Waals surface area contributed by atoms with Gasteiger partial charge >= 0.3 is 0 Å². The van der Waals surface area contributed by atoms with Gasteiger partial charge in [-0.05, 0) is 33.1 Å². The quantitative estimate of drug-likeness (QED) is 0.770. The standard InChI is InChI=1S/C13H24N2O3/c1-10(17)15-7-4-5-11(9-15)12(18)14-13(2,3)6-8-16/h11,16H,4-9H2,1-3H3,(H,14,18). The highest BCUT2D eigenvalue weighted by Crippen LogP contribution is 2.18. The number of hydrogen-bond acceptors (Lipinski definition) is 3. The van der Waals surface area contributed by atoms with Gasteiger partial charge in [0.25, 0.3) is 0 Å². The van der Waals surface area contributed by atoms with Crippen molar-refractivity contribution < 1.29 is 14.7 Å². The van der Waals surface area contributed by atoms with Gasteiger partial charge in [-0.25, -0.2) is 0 Å². The maximum Gasteiger partial charge on any atom is 0.225 e. The summed E-state index contributed by atoms with van der Waals surface area (Å²) in [5.74, 6) is -0.109. The Morgan fingerprint density at radius 2 is 2.11 bits per heavy atom. The molecule has 5 heteroatoms. The summed E-state index contributed by atoms with van der Waals surface area (Å²) in [6.45, 7) is 6.64. The van der Waals surface area contributed by atoms with Crippen molar-refractivity contribution in [2.75, 3.05) is 19.7 Å². The van der Waals surface area contributed by atoms with E-state index in [1.54, 1.807) is 4.90 Å². The minimum atomic E-state index is -0.398. The summed E-state index contributed by atoms with van der Waals surface area (Å²) in [5, 5.41) is 11.9. The van der Waals surface area contributed by atoms with Crippen LogP contribution in [0.15, 0.2) is 0 Å². The molecule has 1 saturated heterocycles. The first-order chi connectivity index (χ1) is 8.35. The third-order valence-electron chi connectivity index (χ3n) is 3.44. The number of hydrogen-bond donors (Lipinski definition) is 2. The van der Waals surface area contributed by atoms with Crippen LogP contribution in [-0.4, -0.2) is 47.1 Å². The maximum absolute atomic E-state index is 12.1. The molecule has 0 radical (unpaired) electrons. The number of nitrogens with zero attached hydrogens (tertiary/aromatic N) is 1. The van der Waals surface area contributed by atoms with E-state index in [9.17, 15) is 9.59 Å². The Hall–Kier alpha value is -1.10. The molecule has 18 heavy (non-hydrogen) atoms. The summed E-state index contributed by atoms with van der Waals surface area (Å²) in [7, 11) is 0. The Bertz CT molecular complexity index is 315. The third-order valence-corrected chi connectivity index (χ3v) is 3.44. The fourth-order valence-electron chi connectivity index (χ4n) is 2.25. The van der Waals surface area contributed by atoms with Crippen LogP contribution in [0.2, 0.25) is 0 Å². The second kappa shape index (κ2) is 6.18. The molecule has 0 aromatic rings. The fraction of sp³-hybridized carbons (Fsp3) is 0.846. The molecule has 1 unspecified atom stereocenters. The smallest absolute Gasteiger partial charge is 0.225 e. The molecule has 0 bridgehead atoms. The lowest BCUT2D eigenvalue weighted by Gasteiger charge is -2.34. The highest BCUT2D eigenvalue weighted by atomic mass is 16.3. The van der Waals surface area contributed by atoms with Gasteiger partial charge in [0.2, 0.25) is 11.8 Å². The molecule has 1 fully saturated rings. The van der Waals surface area contributed by atoms with Crippen molar-refractivity contribution in [1.29, 1.82) is 0 Å². The van der Waals surface area contributed by atoms with Crippen LogP contribution in [0.5, 0.6) is 0 Å². The summed E-state index contributed by atoms with van der Waals surface area (Å²) in [5.41, 5.74) is -0.398. The summed E-state index contributed by atoms with van der Waals surface area (Å²) in [6.07, 6.45) is 2.23. The van der Waals surface area contributed by atoms with Crippen LogP contribution < -0.4 is 5.32 Å². The first kappa shape index (κ1) is 15.0. The monoisotopic (exact) mass is 256 g/mol. The topological polar surface area (TPSA) is 69.6 Å². The number of aliphatic hydroxyl groups is 1. The van der Waals surface area contributed by atoms with Crippen molar-refractivity contribution in [3.05, 3.63) is 0 Å². The zero-order valence-corrected chi connectivity index (χ0v) is 11.5. The van der Waals surface area contributed by atoms with Gasteiger partial charge in [0.05, 0.1) is 5.92 Å². The Kier molecular flexibility index (Phi) is 5.14. The number of nitrogens with one attached hydrogen (secondary N) is 1. The molecule has 5 nitrogen and oxygen atoms in total. The van der Waals surface area contributed by atoms with Gasteiger partial charge in [-0.3, -0.25) is 9.59 Å². The molecule has 2 amide bonds. The molecule has 0 aliphatic carbocycles. The molecule has 1 heterocycles. The van der Waals surface area contributed by atoms with E-state index in [0.29, 0.717) is 13.0 Å². The summed E-state index contributed by atoms with van der Waals surface area (Å²) in [6, 6.07) is 0. The Balaban J connectivity index is 2.53. The van der Waals surface area contributed by atoms with Gasteiger partial charge in [-0.1, -0.05) is 0 Å². The van der Waals surface area contributed by atoms with E-state index in [1.165, 1.54) is 6.92 Å². The number of likely N-dealkylation sites (tertiary alicyclic amines) is 1. The molecule has 1 rings (SSSR count). The lowest BCUT2D eigenvalue weighted by Crippen LogP contribution is -2.50. The lowest BCUT2D eigenvalue weighted by molar-refractivity contribution is -0.134. The predicted octanol–water partition coefficient (Wildman–Crippen LogP) is 0.522. The second-order valence-corrected chi connectivity index (χ2v) is 5.65. The molecule has 0 aromatic heterocycles. The SMILES string of the molecule is CC(=O)N1CCCC(C(=O)NC(C)(C)CCO)C1. The first-order valence-corrected chi connectivity index (χ1v) is 6.54. The third kappa shape index (κ3) is 4.29. The van der Waals surface area contributed by atoms with Crippen molar-refractivity contribution in [3.63, 3.8) is 0 Å². The van der Waals surface area contributed by atoms with Crippen LogP contribution in [0.1, 0.15) is 40.0 Å². The van der Waals surface area contributed by atoms with Crippen LogP contribution in [0, 0.1) is 5.92 Å². The average molecular weight is 256 g/mol. The van der Waals surface area contributed by atoms with Crippen molar-refractivity contribution in [2.45, 2.75) is 45.6 Å². The fourth-order valence-corrected chi connectivity index (χ4v) is 2.25. The molecular formula is C13H24N2O3. The van der Waals surface area contributed by atoms with Crippen molar-refractivity contribution in [3.8, 4) is 0 Å². The number of piperidine rings is 1. The van der Waals surface area contributed by atoms with E-state index >= 15 is 0 Å². The van der Waals surface area contributed by atoms with E-state index in [-0.39, 0.29) is 24.3 Å². The first-order valence-electron chi connectivity index (χ1n) is 6.54. The average Bonchev–Trinajstić information content (AvgIpc) is 2.28. The Morgan fingerprint density at radius 3 is 2.67 bits per heavy atom. The molecular weight excluding hydrogens is 232 g/mol. The van der Waals surface area contributed by atoms with Gasteiger partial charge < -0.3 is 15.3 Å². The minimum absolute atomic E-state index is 0.0144. The van der Waals surface area contributed by atoms with Crippen LogP contribution in [0.4, 0.5) is 0 Å². The van der Waals surface area contributed by atoms with Gasteiger partial charge in [-0.15, -0.1) is 0 Å². The number of amides is 2. The van der Waals surface area contributed by atoms with E-state index in [0.717, 1.165) is 19.4 Å². The number of carbonyl (C=O) groups excluding carboxylic acids is 2. The molecule has 1 aliphatic heterocycles. The molecule has 0 spiro atoms. The van der Waals surface area contributed by atoms with Gasteiger partial charge in [0.15, 0.2) is 0 Å². The highest BCUT2D eigenvalue weighted by molar-refractivity contribution is 5.81. The van der Waals surface area contributed by atoms with Crippen molar-refractivity contribution >= 4 is 11.8 Å². The van der Waals surface area contributed by atoms with E-state index in [2.05, 4.69) is 5.32 Å². The second-order valence-electron chi connectivity index (χ2n) is 5.65. The molecule has 104 valence electrons. The van der Waals surface area contributed by atoms with E-state index < -0.39 is 5.54 Å². The van der Waals surface area contributed by atoms with Gasteiger partial charge in [0, 0.05) is 32.2 Å². The Morgan fingerprint density at radius 1 is 1.44 bits per heavy atom. The molecule has 1 atom stereocenters. The zero-order chi connectivity index (χ0) is 13.8. The van der Waals surface area contributed by atoms with Crippen LogP contribution in [0.25, 0.3) is 0 Å². The summed E-state index contributed by atoms with van der Waals surface area (Å²) < 4.78 is 0. The maximum atomic E-state index is 12.1. The van der Waals surface area contributed by atoms with Crippen LogP contribution >= 0.6 is 0 Å². The van der Waals surface area contributed by atoms with Crippen molar-refractivity contribution in [2.24, 2.45) is 5.92 Å². The molecule has 0 saturated carbocycles. The van der Waals surface area contributed by atoms with E-state index in [4.69, 9.17) is 5.11 Å². The van der Waals surface area contributed by atoms with Gasteiger partial charge in [0.1, 0.15) is 0 Å². The summed E-state index contributed by atoms with van der Waals surface area (Å²) >= 11 is 0. The highest BCUT2D eigenvalue weighted by Gasteiger charge is 2.30. The molecule has 1 aliphatic rings. The zero-order valence-electron chi connectivity index (χ0n) is 11.5. The number of rotatable bonds is 4. The number of aliphatic hydroxyl groups excluding tert-OH is 1. The van der Waals surface area contributed by atoms with E-state index in [1.807, 2.05) is 13.8 Å². The lowest BCUT2D eigenvalue weighted by atomic mass is 9.94. The largest absolute Gasteiger partial charge is 0.396 e. The Labute approximate surface area is 109 Å². The number of carbonyl (C=O) groups is 2. The van der Waals surface area contributed by atoms with Crippen LogP contribution in [-0.2, 0) is 9.59 Å². The molecule has 0 aromatic carbocycles. The minimum Gasteiger partial charge on any atom is -0.396 e. The van der Waals surface area contributed by atoms with Gasteiger partial charge in [-0.2, -0.15) is 0 Å². The molecule has 2 N–H and O–H groups in total. The van der Waals surface area contributed by atoms with Crippen LogP contribution in [0.3, 0.4) is 0 Å². The van der Waals surface area contributed by atoms with Crippen molar-refractivity contribution in [1.82, 2.24) is 10.2 Å². The summed E-state index contributed by atoms with van der Waals surface area (Å²) in [4.78, 5) is 25.2. The predicted molar refractivity (Wildman–Crippen MR) is 68.9 cm³/mol. The normalized spacial score (nSPS) is 20.7.